The highest BCUT2D eigenvalue weighted by atomic mass is 32.2. The average Bonchev–Trinajstić information content (AvgIpc) is 2.54. The molecule has 0 amide bonds. The van der Waals surface area contributed by atoms with Gasteiger partial charge in [0.25, 0.3) is 5.69 Å². The maximum Gasteiger partial charge on any atom is 0.339 e. The zero-order valence-electron chi connectivity index (χ0n) is 12.1. The van der Waals surface area contributed by atoms with Crippen LogP contribution in [-0.2, 0) is 16.5 Å². The lowest BCUT2D eigenvalue weighted by Crippen LogP contribution is -2.13. The summed E-state index contributed by atoms with van der Waals surface area (Å²) in [4.78, 5) is 9.91. The minimum absolute atomic E-state index is 0.0551. The van der Waals surface area contributed by atoms with E-state index in [9.17, 15) is 18.5 Å². The van der Waals surface area contributed by atoms with E-state index >= 15 is 0 Å². The zero-order valence-corrected chi connectivity index (χ0v) is 12.9. The minimum Gasteiger partial charge on any atom is -0.378 e. The number of benzene rings is 2. The Morgan fingerprint density at radius 2 is 1.96 bits per heavy atom. The Morgan fingerprint density at radius 3 is 2.57 bits per heavy atom. The quantitative estimate of drug-likeness (QED) is 0.473. The molecular formula is C15H12N2O5S. The zero-order chi connectivity index (χ0) is 17.0. The predicted octanol–water partition coefficient (Wildman–Crippen LogP) is 2.80. The van der Waals surface area contributed by atoms with E-state index in [0.717, 1.165) is 6.07 Å². The fraction of sp³-hybridized carbons (Fsp3) is 0.133. The molecule has 8 heteroatoms. The fourth-order valence-electron chi connectivity index (χ4n) is 1.98. The highest BCUT2D eigenvalue weighted by Crippen LogP contribution is 2.27. The van der Waals surface area contributed by atoms with Crippen molar-refractivity contribution in [3.05, 3.63) is 63.7 Å². The third-order valence-electron chi connectivity index (χ3n) is 3.12. The largest absolute Gasteiger partial charge is 0.378 e. The van der Waals surface area contributed by atoms with Gasteiger partial charge in [0.15, 0.2) is 5.75 Å². The van der Waals surface area contributed by atoms with Crippen molar-refractivity contribution in [3.8, 4) is 11.8 Å². The first-order valence-corrected chi connectivity index (χ1v) is 8.00. The summed E-state index contributed by atoms with van der Waals surface area (Å²) in [5.74, 6) is -0.122. The molecule has 0 aliphatic carbocycles. The maximum absolute atomic E-state index is 12.5. The Balaban J connectivity index is 2.53. The van der Waals surface area contributed by atoms with Gasteiger partial charge >= 0.3 is 10.1 Å². The van der Waals surface area contributed by atoms with E-state index in [1.54, 1.807) is 13.0 Å². The Hall–Kier alpha value is -2.92. The lowest BCUT2D eigenvalue weighted by Gasteiger charge is -2.11. The first-order valence-electron chi connectivity index (χ1n) is 6.60. The number of non-ortho nitro benzene ring substituents is 1. The van der Waals surface area contributed by atoms with E-state index < -0.39 is 15.0 Å². The number of nitro benzene ring substituents is 1. The second kappa shape index (κ2) is 6.46. The number of rotatable bonds is 5. The van der Waals surface area contributed by atoms with E-state index in [1.807, 2.05) is 6.07 Å². The van der Waals surface area contributed by atoms with Crippen LogP contribution in [0.15, 0.2) is 47.4 Å². The van der Waals surface area contributed by atoms with Gasteiger partial charge in [0, 0.05) is 12.1 Å². The molecular weight excluding hydrogens is 320 g/mol. The van der Waals surface area contributed by atoms with Crippen molar-refractivity contribution in [2.75, 3.05) is 0 Å². The van der Waals surface area contributed by atoms with Crippen molar-refractivity contribution in [2.45, 2.75) is 18.2 Å². The molecule has 0 heterocycles. The number of hydrogen-bond donors (Lipinski definition) is 0. The van der Waals surface area contributed by atoms with E-state index in [2.05, 4.69) is 0 Å². The highest BCUT2D eigenvalue weighted by molar-refractivity contribution is 7.87. The maximum atomic E-state index is 12.5. The summed E-state index contributed by atoms with van der Waals surface area (Å²) in [6.45, 7) is 1.73. The van der Waals surface area contributed by atoms with Crippen molar-refractivity contribution in [3.63, 3.8) is 0 Å². The molecule has 0 unspecified atom stereocenters. The number of hydrogen-bond acceptors (Lipinski definition) is 6. The van der Waals surface area contributed by atoms with Crippen LogP contribution in [0.2, 0.25) is 0 Å². The van der Waals surface area contributed by atoms with E-state index in [4.69, 9.17) is 9.44 Å². The molecule has 0 saturated heterocycles. The first-order chi connectivity index (χ1) is 10.9. The molecule has 7 nitrogen and oxygen atoms in total. The van der Waals surface area contributed by atoms with E-state index in [0.29, 0.717) is 12.0 Å². The van der Waals surface area contributed by atoms with Crippen LogP contribution in [-0.4, -0.2) is 13.3 Å². The number of para-hydroxylation sites is 1. The lowest BCUT2D eigenvalue weighted by molar-refractivity contribution is -0.385. The van der Waals surface area contributed by atoms with Crippen LogP contribution in [0.4, 0.5) is 5.69 Å². The summed E-state index contributed by atoms with van der Waals surface area (Å²) in [6, 6.07) is 11.3. The lowest BCUT2D eigenvalue weighted by atomic mass is 10.1. The van der Waals surface area contributed by atoms with Gasteiger partial charge in [-0.05, 0) is 24.1 Å². The smallest absolute Gasteiger partial charge is 0.339 e. The summed E-state index contributed by atoms with van der Waals surface area (Å²) in [5.41, 5.74) is 0.0996. The van der Waals surface area contributed by atoms with Gasteiger partial charge < -0.3 is 4.18 Å². The van der Waals surface area contributed by atoms with Gasteiger partial charge in [-0.3, -0.25) is 10.1 Å². The van der Waals surface area contributed by atoms with Crippen LogP contribution in [0.5, 0.6) is 5.75 Å². The van der Waals surface area contributed by atoms with Crippen LogP contribution in [0, 0.1) is 21.4 Å². The Kier molecular flexibility index (Phi) is 4.62. The predicted molar refractivity (Wildman–Crippen MR) is 81.4 cm³/mol. The fourth-order valence-corrected chi connectivity index (χ4v) is 3.25. The van der Waals surface area contributed by atoms with Crippen molar-refractivity contribution in [1.29, 1.82) is 5.26 Å². The molecule has 2 aromatic rings. The second-order valence-electron chi connectivity index (χ2n) is 4.55. The van der Waals surface area contributed by atoms with E-state index in [-0.39, 0.29) is 21.9 Å². The molecule has 0 fully saturated rings. The van der Waals surface area contributed by atoms with Crippen molar-refractivity contribution >= 4 is 15.8 Å². The molecule has 0 spiro atoms. The van der Waals surface area contributed by atoms with Gasteiger partial charge in [-0.25, -0.2) is 0 Å². The summed E-state index contributed by atoms with van der Waals surface area (Å²) < 4.78 is 30.0. The monoisotopic (exact) mass is 332 g/mol. The SMILES string of the molecule is CCc1ccc([N+](=O)[O-])cc1S(=O)(=O)Oc1ccccc1C#N. The molecule has 23 heavy (non-hydrogen) atoms. The molecule has 0 bridgehead atoms. The van der Waals surface area contributed by atoms with Crippen LogP contribution >= 0.6 is 0 Å². The van der Waals surface area contributed by atoms with Crippen molar-refractivity contribution in [1.82, 2.24) is 0 Å². The standard InChI is InChI=1S/C15H12N2O5S/c1-2-11-7-8-13(17(18)19)9-15(11)23(20,21)22-14-6-4-3-5-12(14)10-16/h3-9H,2H2,1H3. The first kappa shape index (κ1) is 16.5. The van der Waals surface area contributed by atoms with Crippen molar-refractivity contribution < 1.29 is 17.5 Å². The van der Waals surface area contributed by atoms with Gasteiger partial charge in [-0.1, -0.05) is 25.1 Å². The summed E-state index contributed by atoms with van der Waals surface area (Å²) in [6.07, 6.45) is 0.357. The Labute approximate surface area is 133 Å². The molecule has 118 valence electrons. The molecule has 2 rings (SSSR count). The van der Waals surface area contributed by atoms with Gasteiger partial charge in [-0.15, -0.1) is 0 Å². The van der Waals surface area contributed by atoms with Gasteiger partial charge in [-0.2, -0.15) is 13.7 Å². The minimum atomic E-state index is -4.30. The topological polar surface area (TPSA) is 110 Å². The summed E-state index contributed by atoms with van der Waals surface area (Å²) >= 11 is 0. The third-order valence-corrected chi connectivity index (χ3v) is 4.44. The Bertz CT molecular complexity index is 900. The molecule has 0 aromatic heterocycles. The van der Waals surface area contributed by atoms with Gasteiger partial charge in [0.1, 0.15) is 11.0 Å². The molecule has 0 N–H and O–H groups in total. The molecule has 0 radical (unpaired) electrons. The average molecular weight is 332 g/mol. The van der Waals surface area contributed by atoms with Crippen molar-refractivity contribution in [2.24, 2.45) is 0 Å². The Morgan fingerprint density at radius 1 is 1.26 bits per heavy atom. The van der Waals surface area contributed by atoms with Crippen LogP contribution in [0.3, 0.4) is 0 Å². The second-order valence-corrected chi connectivity index (χ2v) is 6.06. The van der Waals surface area contributed by atoms with Gasteiger partial charge in [0.05, 0.1) is 10.5 Å². The molecule has 0 saturated carbocycles. The molecule has 2 aromatic carbocycles. The number of aryl methyl sites for hydroxylation is 1. The van der Waals surface area contributed by atoms with E-state index in [1.165, 1.54) is 30.3 Å². The summed E-state index contributed by atoms with van der Waals surface area (Å²) in [5, 5.41) is 19.9. The highest BCUT2D eigenvalue weighted by Gasteiger charge is 2.24. The number of nitro groups is 1. The molecule has 0 aliphatic heterocycles. The van der Waals surface area contributed by atoms with Crippen LogP contribution in [0.1, 0.15) is 18.1 Å². The normalized spacial score (nSPS) is 10.8. The van der Waals surface area contributed by atoms with Crippen LogP contribution in [0.25, 0.3) is 0 Å². The number of nitrogens with zero attached hydrogens (tertiary/aromatic N) is 2. The van der Waals surface area contributed by atoms with Crippen LogP contribution < -0.4 is 4.18 Å². The molecule has 0 atom stereocenters. The number of nitriles is 1. The third kappa shape index (κ3) is 3.46. The molecule has 0 aliphatic rings. The van der Waals surface area contributed by atoms with Gasteiger partial charge in [0.2, 0.25) is 0 Å². The summed E-state index contributed by atoms with van der Waals surface area (Å²) in [7, 11) is -4.30.